The fraction of sp³-hybridized carbons (Fsp3) is 0.333. The van der Waals surface area contributed by atoms with E-state index in [0.29, 0.717) is 6.73 Å². The van der Waals surface area contributed by atoms with Gasteiger partial charge in [0.05, 0.1) is 14.1 Å². The molecule has 0 spiro atoms. The fourth-order valence-corrected chi connectivity index (χ4v) is 0.792. The van der Waals surface area contributed by atoms with Gasteiger partial charge >= 0.3 is 0 Å². The summed E-state index contributed by atoms with van der Waals surface area (Å²) < 4.78 is 5.43. The molecule has 0 bridgehead atoms. The Kier molecular flexibility index (Phi) is 5.26. The average molecular weight is 203 g/mol. The van der Waals surface area contributed by atoms with Crippen LogP contribution in [-0.4, -0.2) is 20.8 Å². The van der Waals surface area contributed by atoms with Crippen LogP contribution in [0.2, 0.25) is 0 Å². The molecule has 0 saturated heterocycles. The molecule has 1 aromatic carbocycles. The van der Waals surface area contributed by atoms with E-state index < -0.39 is 0 Å². The first-order valence-corrected chi connectivity index (χ1v) is 3.96. The van der Waals surface area contributed by atoms with Crippen molar-refractivity contribution in [2.45, 2.75) is 0 Å². The lowest BCUT2D eigenvalue weighted by atomic mass is 10.3. The summed E-state index contributed by atoms with van der Waals surface area (Å²) in [5.41, 5.74) is 6.29. The molecule has 0 saturated carbocycles. The van der Waals surface area contributed by atoms with E-state index >= 15 is 0 Å². The number of hydrogen-bond donors (Lipinski definition) is 2. The number of benzene rings is 1. The van der Waals surface area contributed by atoms with Gasteiger partial charge < -0.3 is 27.8 Å². The molecular weight excluding hydrogens is 188 g/mol. The molecule has 0 aliphatic heterocycles. The summed E-state index contributed by atoms with van der Waals surface area (Å²) in [6, 6.07) is 7.41. The molecule has 0 aromatic heterocycles. The number of quaternary nitrogens is 1. The third-order valence-electron chi connectivity index (χ3n) is 1.41. The molecular formula is C9H15ClN2O. The van der Waals surface area contributed by atoms with Crippen molar-refractivity contribution in [1.29, 1.82) is 0 Å². The molecule has 74 valence electrons. The number of nitrogens with one attached hydrogen (secondary N) is 1. The Labute approximate surface area is 84.9 Å². The zero-order chi connectivity index (χ0) is 8.97. The van der Waals surface area contributed by atoms with Gasteiger partial charge in [-0.25, -0.2) is 0 Å². The van der Waals surface area contributed by atoms with Gasteiger partial charge in [-0.1, -0.05) is 0 Å². The third-order valence-corrected chi connectivity index (χ3v) is 1.41. The summed E-state index contributed by atoms with van der Waals surface area (Å²) in [5, 5.41) is 0. The molecule has 0 heterocycles. The summed E-state index contributed by atoms with van der Waals surface area (Å²) in [4.78, 5) is 1.26. The SMILES string of the molecule is C[NH+](C)COc1ccc(N)cc1.[Cl-]. The van der Waals surface area contributed by atoms with Crippen molar-refractivity contribution >= 4 is 5.69 Å². The summed E-state index contributed by atoms with van der Waals surface area (Å²) in [6.07, 6.45) is 0. The highest BCUT2D eigenvalue weighted by molar-refractivity contribution is 5.41. The number of ether oxygens (including phenoxy) is 1. The number of halogens is 1. The van der Waals surface area contributed by atoms with E-state index in [2.05, 4.69) is 0 Å². The van der Waals surface area contributed by atoms with Crippen molar-refractivity contribution in [2.24, 2.45) is 0 Å². The second kappa shape index (κ2) is 5.67. The highest BCUT2D eigenvalue weighted by Gasteiger charge is 1.95. The van der Waals surface area contributed by atoms with Crippen molar-refractivity contribution in [2.75, 3.05) is 26.6 Å². The first-order chi connectivity index (χ1) is 5.68. The van der Waals surface area contributed by atoms with E-state index in [4.69, 9.17) is 10.5 Å². The van der Waals surface area contributed by atoms with Crippen LogP contribution in [0.25, 0.3) is 0 Å². The van der Waals surface area contributed by atoms with Gasteiger partial charge in [0.25, 0.3) is 0 Å². The number of nitrogen functional groups attached to an aromatic ring is 1. The standard InChI is InChI=1S/C9H14N2O.ClH/c1-11(2)7-12-9-5-3-8(10)4-6-9;/h3-6H,7,10H2,1-2H3;1H. The van der Waals surface area contributed by atoms with E-state index in [0.717, 1.165) is 11.4 Å². The van der Waals surface area contributed by atoms with E-state index in [9.17, 15) is 0 Å². The Bertz CT molecular complexity index is 236. The largest absolute Gasteiger partial charge is 1.00 e. The number of rotatable bonds is 3. The van der Waals surface area contributed by atoms with Crippen LogP contribution in [0.5, 0.6) is 5.75 Å². The van der Waals surface area contributed by atoms with Crippen molar-refractivity contribution in [3.8, 4) is 5.75 Å². The van der Waals surface area contributed by atoms with Crippen LogP contribution >= 0.6 is 0 Å². The van der Waals surface area contributed by atoms with Crippen molar-refractivity contribution in [1.82, 2.24) is 0 Å². The van der Waals surface area contributed by atoms with E-state index in [1.165, 1.54) is 4.90 Å². The predicted molar refractivity (Wildman–Crippen MR) is 49.2 cm³/mol. The molecule has 0 unspecified atom stereocenters. The maximum Gasteiger partial charge on any atom is 0.222 e. The molecule has 0 fully saturated rings. The molecule has 0 aliphatic rings. The summed E-state index contributed by atoms with van der Waals surface area (Å²) in [6.45, 7) is 0.671. The van der Waals surface area contributed by atoms with E-state index in [-0.39, 0.29) is 12.4 Å². The van der Waals surface area contributed by atoms with Crippen LogP contribution < -0.4 is 27.8 Å². The zero-order valence-electron chi connectivity index (χ0n) is 7.88. The Morgan fingerprint density at radius 1 is 1.23 bits per heavy atom. The van der Waals surface area contributed by atoms with Gasteiger partial charge in [-0.15, -0.1) is 0 Å². The Balaban J connectivity index is 0.00000144. The summed E-state index contributed by atoms with van der Waals surface area (Å²) in [7, 11) is 4.08. The number of anilines is 1. The van der Waals surface area contributed by atoms with E-state index in [1.54, 1.807) is 0 Å². The van der Waals surface area contributed by atoms with Crippen LogP contribution in [0.4, 0.5) is 5.69 Å². The lowest BCUT2D eigenvalue weighted by Gasteiger charge is -2.08. The first kappa shape index (κ1) is 12.1. The van der Waals surface area contributed by atoms with Crippen LogP contribution in [0.3, 0.4) is 0 Å². The molecule has 0 radical (unpaired) electrons. The van der Waals surface area contributed by atoms with Crippen molar-refractivity contribution in [3.63, 3.8) is 0 Å². The van der Waals surface area contributed by atoms with Gasteiger partial charge in [0.2, 0.25) is 6.73 Å². The molecule has 1 rings (SSSR count). The first-order valence-electron chi connectivity index (χ1n) is 3.96. The highest BCUT2D eigenvalue weighted by Crippen LogP contribution is 2.11. The molecule has 3 nitrogen and oxygen atoms in total. The van der Waals surface area contributed by atoms with Gasteiger partial charge in [0.15, 0.2) is 0 Å². The lowest BCUT2D eigenvalue weighted by molar-refractivity contribution is -0.875. The Morgan fingerprint density at radius 3 is 2.23 bits per heavy atom. The van der Waals surface area contributed by atoms with Gasteiger partial charge in [0, 0.05) is 5.69 Å². The quantitative estimate of drug-likeness (QED) is 0.400. The van der Waals surface area contributed by atoms with Crippen molar-refractivity contribution in [3.05, 3.63) is 24.3 Å². The average Bonchev–Trinajstić information content (AvgIpc) is 2.03. The van der Waals surface area contributed by atoms with Gasteiger partial charge in [-0.05, 0) is 24.3 Å². The van der Waals surface area contributed by atoms with E-state index in [1.807, 2.05) is 38.4 Å². The highest BCUT2D eigenvalue weighted by atomic mass is 35.5. The smallest absolute Gasteiger partial charge is 0.222 e. The minimum Gasteiger partial charge on any atom is -1.00 e. The lowest BCUT2D eigenvalue weighted by Crippen LogP contribution is -3.06. The molecule has 3 N–H and O–H groups in total. The molecule has 0 aliphatic carbocycles. The van der Waals surface area contributed by atoms with Gasteiger partial charge in [-0.3, -0.25) is 0 Å². The second-order valence-electron chi connectivity index (χ2n) is 3.06. The van der Waals surface area contributed by atoms with Crippen LogP contribution in [0.1, 0.15) is 0 Å². The number of hydrogen-bond acceptors (Lipinski definition) is 2. The zero-order valence-corrected chi connectivity index (χ0v) is 8.64. The normalized spacial score (nSPS) is 9.46. The second-order valence-corrected chi connectivity index (χ2v) is 3.06. The van der Waals surface area contributed by atoms with Crippen LogP contribution in [0.15, 0.2) is 24.3 Å². The minimum atomic E-state index is 0. The van der Waals surface area contributed by atoms with Crippen LogP contribution in [0, 0.1) is 0 Å². The predicted octanol–water partition coefficient (Wildman–Crippen LogP) is -3.25. The molecule has 4 heteroatoms. The Morgan fingerprint density at radius 2 is 1.77 bits per heavy atom. The summed E-state index contributed by atoms with van der Waals surface area (Å²) >= 11 is 0. The maximum atomic E-state index is 5.52. The Hall–Kier alpha value is -0.930. The number of nitrogens with two attached hydrogens (primary N) is 1. The molecule has 1 aromatic rings. The third kappa shape index (κ3) is 4.60. The van der Waals surface area contributed by atoms with Crippen LogP contribution in [-0.2, 0) is 0 Å². The molecule has 0 amide bonds. The summed E-state index contributed by atoms with van der Waals surface area (Å²) in [5.74, 6) is 0.866. The monoisotopic (exact) mass is 202 g/mol. The molecule has 0 atom stereocenters. The molecule has 13 heavy (non-hydrogen) atoms. The van der Waals surface area contributed by atoms with Crippen molar-refractivity contribution < 1.29 is 22.0 Å². The fourth-order valence-electron chi connectivity index (χ4n) is 0.792. The maximum absolute atomic E-state index is 5.52. The topological polar surface area (TPSA) is 39.7 Å². The minimum absolute atomic E-state index is 0. The van der Waals surface area contributed by atoms with Gasteiger partial charge in [0.1, 0.15) is 5.75 Å². The van der Waals surface area contributed by atoms with Gasteiger partial charge in [-0.2, -0.15) is 0 Å².